The van der Waals surface area contributed by atoms with Crippen LogP contribution in [0.3, 0.4) is 0 Å². The zero-order valence-electron chi connectivity index (χ0n) is 7.87. The van der Waals surface area contributed by atoms with E-state index in [4.69, 9.17) is 9.47 Å². The fraction of sp³-hybridized carbons (Fsp3) is 0.625. The molecule has 0 amide bonds. The summed E-state index contributed by atoms with van der Waals surface area (Å²) in [5.41, 5.74) is 2.03. The molecule has 0 N–H and O–H groups in total. The molecular formula is C8H14N2O2. The molecule has 0 fully saturated rings. The Kier molecular flexibility index (Phi) is 2.83. The third-order valence-corrected chi connectivity index (χ3v) is 1.83. The van der Waals surface area contributed by atoms with E-state index in [1.54, 1.807) is 25.1 Å². The second-order valence-electron chi connectivity index (χ2n) is 2.64. The maximum atomic E-state index is 5.12. The molecule has 4 nitrogen and oxygen atoms in total. The maximum Gasteiger partial charge on any atom is 0.200 e. The number of aryl methyl sites for hydroxylation is 2. The summed E-state index contributed by atoms with van der Waals surface area (Å²) in [4.78, 5) is 0. The highest BCUT2D eigenvalue weighted by molar-refractivity contribution is 5.16. The molecule has 0 saturated carbocycles. The molecule has 1 rings (SSSR count). The largest absolute Gasteiger partial charge is 0.350 e. The Labute approximate surface area is 72.1 Å². The lowest BCUT2D eigenvalue weighted by molar-refractivity contribution is -0.110. The van der Waals surface area contributed by atoms with E-state index in [1.807, 2.05) is 14.0 Å². The second-order valence-corrected chi connectivity index (χ2v) is 2.64. The van der Waals surface area contributed by atoms with E-state index in [1.165, 1.54) is 0 Å². The van der Waals surface area contributed by atoms with Crippen LogP contribution in [0.15, 0.2) is 6.20 Å². The summed E-state index contributed by atoms with van der Waals surface area (Å²) in [6, 6.07) is 0. The summed E-state index contributed by atoms with van der Waals surface area (Å²) in [6.07, 6.45) is 1.47. The van der Waals surface area contributed by atoms with Crippen molar-refractivity contribution in [2.75, 3.05) is 14.2 Å². The van der Waals surface area contributed by atoms with E-state index in [9.17, 15) is 0 Å². The van der Waals surface area contributed by atoms with Gasteiger partial charge in [-0.2, -0.15) is 5.10 Å². The van der Waals surface area contributed by atoms with Gasteiger partial charge in [0.2, 0.25) is 0 Å². The third kappa shape index (κ3) is 1.49. The van der Waals surface area contributed by atoms with E-state index in [-0.39, 0.29) is 6.29 Å². The number of hydrogen-bond acceptors (Lipinski definition) is 3. The van der Waals surface area contributed by atoms with Crippen LogP contribution in [0, 0.1) is 6.92 Å². The van der Waals surface area contributed by atoms with E-state index in [0.717, 1.165) is 11.3 Å². The Morgan fingerprint density at radius 2 is 2.00 bits per heavy atom. The van der Waals surface area contributed by atoms with Gasteiger partial charge < -0.3 is 9.47 Å². The number of methoxy groups -OCH3 is 2. The maximum absolute atomic E-state index is 5.12. The van der Waals surface area contributed by atoms with Crippen LogP contribution in [0.4, 0.5) is 0 Å². The molecule has 12 heavy (non-hydrogen) atoms. The zero-order chi connectivity index (χ0) is 9.14. The second kappa shape index (κ2) is 3.69. The molecule has 1 aromatic heterocycles. The van der Waals surface area contributed by atoms with Crippen LogP contribution in [0.2, 0.25) is 0 Å². The Hall–Kier alpha value is -0.870. The van der Waals surface area contributed by atoms with E-state index in [2.05, 4.69) is 5.10 Å². The predicted octanol–water partition coefficient (Wildman–Crippen LogP) is 1.02. The fourth-order valence-corrected chi connectivity index (χ4v) is 1.21. The van der Waals surface area contributed by atoms with E-state index >= 15 is 0 Å². The Balaban J connectivity index is 2.98. The minimum Gasteiger partial charge on any atom is -0.350 e. The van der Waals surface area contributed by atoms with Crippen molar-refractivity contribution < 1.29 is 9.47 Å². The first-order valence-electron chi connectivity index (χ1n) is 3.74. The number of hydrogen-bond donors (Lipinski definition) is 0. The number of nitrogens with zero attached hydrogens (tertiary/aromatic N) is 2. The highest BCUT2D eigenvalue weighted by Crippen LogP contribution is 2.19. The fourth-order valence-electron chi connectivity index (χ4n) is 1.21. The van der Waals surface area contributed by atoms with E-state index < -0.39 is 0 Å². The summed E-state index contributed by atoms with van der Waals surface area (Å²) in [7, 11) is 5.09. The van der Waals surface area contributed by atoms with Crippen molar-refractivity contribution in [2.24, 2.45) is 7.05 Å². The van der Waals surface area contributed by atoms with Gasteiger partial charge in [-0.05, 0) is 12.5 Å². The van der Waals surface area contributed by atoms with Gasteiger partial charge in [-0.25, -0.2) is 0 Å². The molecular weight excluding hydrogens is 156 g/mol. The molecule has 0 aliphatic carbocycles. The molecule has 0 radical (unpaired) electrons. The predicted molar refractivity (Wildman–Crippen MR) is 44.7 cm³/mol. The van der Waals surface area contributed by atoms with Crippen molar-refractivity contribution in [1.29, 1.82) is 0 Å². The first kappa shape index (κ1) is 9.22. The zero-order valence-corrected chi connectivity index (χ0v) is 7.87. The van der Waals surface area contributed by atoms with Gasteiger partial charge in [-0.3, -0.25) is 4.68 Å². The smallest absolute Gasteiger partial charge is 0.200 e. The number of aromatic nitrogens is 2. The van der Waals surface area contributed by atoms with Crippen molar-refractivity contribution in [3.05, 3.63) is 17.5 Å². The van der Waals surface area contributed by atoms with Crippen LogP contribution in [0.1, 0.15) is 17.5 Å². The van der Waals surface area contributed by atoms with Gasteiger partial charge in [0.15, 0.2) is 6.29 Å². The SMILES string of the molecule is COC(OC)c1c(C)cnn1C. The van der Waals surface area contributed by atoms with E-state index in [0.29, 0.717) is 0 Å². The van der Waals surface area contributed by atoms with Crippen LogP contribution in [-0.2, 0) is 16.5 Å². The van der Waals surface area contributed by atoms with Crippen LogP contribution < -0.4 is 0 Å². The van der Waals surface area contributed by atoms with Crippen molar-refractivity contribution in [3.63, 3.8) is 0 Å². The van der Waals surface area contributed by atoms with Gasteiger partial charge in [0.25, 0.3) is 0 Å². The third-order valence-electron chi connectivity index (χ3n) is 1.83. The molecule has 1 heterocycles. The average molecular weight is 170 g/mol. The highest BCUT2D eigenvalue weighted by atomic mass is 16.7. The van der Waals surface area contributed by atoms with Gasteiger partial charge in [0, 0.05) is 21.3 Å². The molecule has 0 spiro atoms. The quantitative estimate of drug-likeness (QED) is 0.635. The summed E-state index contributed by atoms with van der Waals surface area (Å²) in [5, 5.41) is 4.09. The Bertz CT molecular complexity index is 234. The number of ether oxygens (including phenoxy) is 2. The van der Waals surface area contributed by atoms with Crippen LogP contribution in [0.5, 0.6) is 0 Å². The minimum atomic E-state index is -0.322. The number of rotatable bonds is 3. The van der Waals surface area contributed by atoms with Gasteiger partial charge in [-0.15, -0.1) is 0 Å². The molecule has 68 valence electrons. The van der Waals surface area contributed by atoms with Gasteiger partial charge >= 0.3 is 0 Å². The Morgan fingerprint density at radius 3 is 2.33 bits per heavy atom. The van der Waals surface area contributed by atoms with Crippen molar-refractivity contribution >= 4 is 0 Å². The molecule has 0 atom stereocenters. The van der Waals surface area contributed by atoms with Crippen molar-refractivity contribution in [2.45, 2.75) is 13.2 Å². The summed E-state index contributed by atoms with van der Waals surface area (Å²) < 4.78 is 12.0. The molecule has 0 aliphatic heterocycles. The molecule has 0 unspecified atom stereocenters. The average Bonchev–Trinajstić information content (AvgIpc) is 2.38. The van der Waals surface area contributed by atoms with Gasteiger partial charge in [-0.1, -0.05) is 0 Å². The topological polar surface area (TPSA) is 36.3 Å². The standard InChI is InChI=1S/C8H14N2O2/c1-6-5-9-10(2)7(6)8(11-3)12-4/h5,8H,1-4H3. The first-order chi connectivity index (χ1) is 5.70. The Morgan fingerprint density at radius 1 is 1.42 bits per heavy atom. The van der Waals surface area contributed by atoms with Gasteiger partial charge in [0.05, 0.1) is 11.9 Å². The molecule has 0 aliphatic rings. The lowest BCUT2D eigenvalue weighted by Gasteiger charge is -2.14. The highest BCUT2D eigenvalue weighted by Gasteiger charge is 2.15. The van der Waals surface area contributed by atoms with Crippen LogP contribution in [-0.4, -0.2) is 24.0 Å². The lowest BCUT2D eigenvalue weighted by Crippen LogP contribution is -2.10. The molecule has 1 aromatic rings. The van der Waals surface area contributed by atoms with Crippen LogP contribution >= 0.6 is 0 Å². The van der Waals surface area contributed by atoms with Crippen LogP contribution in [0.25, 0.3) is 0 Å². The molecule has 0 aromatic carbocycles. The monoisotopic (exact) mass is 170 g/mol. The minimum absolute atomic E-state index is 0.322. The summed E-state index contributed by atoms with van der Waals surface area (Å²) in [6.45, 7) is 1.98. The van der Waals surface area contributed by atoms with Gasteiger partial charge in [0.1, 0.15) is 0 Å². The normalized spacial score (nSPS) is 11.1. The first-order valence-corrected chi connectivity index (χ1v) is 3.74. The van der Waals surface area contributed by atoms with Crippen molar-refractivity contribution in [1.82, 2.24) is 9.78 Å². The lowest BCUT2D eigenvalue weighted by atomic mass is 10.3. The molecule has 0 saturated heterocycles. The molecule has 4 heteroatoms. The van der Waals surface area contributed by atoms with Crippen molar-refractivity contribution in [3.8, 4) is 0 Å². The summed E-state index contributed by atoms with van der Waals surface area (Å²) >= 11 is 0. The summed E-state index contributed by atoms with van der Waals surface area (Å²) in [5.74, 6) is 0. The molecule has 0 bridgehead atoms.